The van der Waals surface area contributed by atoms with Crippen molar-refractivity contribution in [3.8, 4) is 16.9 Å². The molecule has 0 bridgehead atoms. The minimum atomic E-state index is 0.00772. The van der Waals surface area contributed by atoms with E-state index in [0.717, 1.165) is 44.3 Å². The summed E-state index contributed by atoms with van der Waals surface area (Å²) in [4.78, 5) is 0. The number of hydrogen-bond donors (Lipinski definition) is 1. The minimum Gasteiger partial charge on any atom is -0.508 e. The van der Waals surface area contributed by atoms with Gasteiger partial charge in [0, 0.05) is 6.61 Å². The van der Waals surface area contributed by atoms with E-state index < -0.39 is 0 Å². The van der Waals surface area contributed by atoms with E-state index in [9.17, 15) is 5.11 Å². The lowest BCUT2D eigenvalue weighted by molar-refractivity contribution is -0.185. The lowest BCUT2D eigenvalue weighted by Gasteiger charge is -2.26. The van der Waals surface area contributed by atoms with Crippen LogP contribution in [0.2, 0.25) is 0 Å². The zero-order valence-electron chi connectivity index (χ0n) is 15.0. The Bertz CT molecular complexity index is 627. The fourth-order valence-corrected chi connectivity index (χ4v) is 3.26. The van der Waals surface area contributed by atoms with Crippen LogP contribution in [0, 0.1) is 0 Å². The van der Waals surface area contributed by atoms with Gasteiger partial charge in [-0.1, -0.05) is 36.4 Å². The zero-order valence-corrected chi connectivity index (χ0v) is 15.0. The van der Waals surface area contributed by atoms with Gasteiger partial charge >= 0.3 is 0 Å². The third kappa shape index (κ3) is 5.58. The Labute approximate surface area is 150 Å². The molecule has 0 aliphatic carbocycles. The molecular formula is C22H28O3. The van der Waals surface area contributed by atoms with Crippen LogP contribution in [0.1, 0.15) is 44.6 Å². The first kappa shape index (κ1) is 18.0. The monoisotopic (exact) mass is 340 g/mol. The van der Waals surface area contributed by atoms with Crippen molar-refractivity contribution in [2.45, 2.75) is 57.8 Å². The van der Waals surface area contributed by atoms with Crippen molar-refractivity contribution in [2.24, 2.45) is 0 Å². The van der Waals surface area contributed by atoms with Gasteiger partial charge in [0.15, 0.2) is 6.29 Å². The third-order valence-corrected chi connectivity index (χ3v) is 4.75. The molecule has 0 radical (unpaired) electrons. The molecule has 134 valence electrons. The van der Waals surface area contributed by atoms with E-state index in [-0.39, 0.29) is 12.4 Å². The molecular weight excluding hydrogens is 312 g/mol. The van der Waals surface area contributed by atoms with Crippen LogP contribution in [0.15, 0.2) is 48.5 Å². The summed E-state index contributed by atoms with van der Waals surface area (Å²) >= 11 is 0. The standard InChI is InChI=1S/C22H28O3/c1-17(25-22-7-2-3-16-24-22)5-4-6-18-8-10-19(11-9-18)20-12-14-21(23)15-13-20/h8-15,17,22-23H,2-7,16H2,1H3. The fraction of sp³-hybridized carbons (Fsp3) is 0.455. The van der Waals surface area contributed by atoms with E-state index in [1.165, 1.54) is 17.5 Å². The predicted molar refractivity (Wildman–Crippen MR) is 101 cm³/mol. The molecule has 1 aliphatic heterocycles. The Balaban J connectivity index is 1.43. The maximum absolute atomic E-state index is 9.38. The summed E-state index contributed by atoms with van der Waals surface area (Å²) in [5, 5.41) is 9.38. The first-order valence-corrected chi connectivity index (χ1v) is 9.36. The second-order valence-electron chi connectivity index (χ2n) is 6.88. The molecule has 0 amide bonds. The van der Waals surface area contributed by atoms with E-state index >= 15 is 0 Å². The van der Waals surface area contributed by atoms with Gasteiger partial charge in [-0.3, -0.25) is 0 Å². The van der Waals surface area contributed by atoms with Crippen LogP contribution < -0.4 is 0 Å². The van der Waals surface area contributed by atoms with Gasteiger partial charge in [0.2, 0.25) is 0 Å². The fourth-order valence-electron chi connectivity index (χ4n) is 3.26. The van der Waals surface area contributed by atoms with Crippen LogP contribution in [-0.2, 0) is 15.9 Å². The first-order valence-electron chi connectivity index (χ1n) is 9.36. The number of phenols is 1. The quantitative estimate of drug-likeness (QED) is 0.742. The van der Waals surface area contributed by atoms with Gasteiger partial charge in [-0.2, -0.15) is 0 Å². The van der Waals surface area contributed by atoms with E-state index in [0.29, 0.717) is 5.75 Å². The van der Waals surface area contributed by atoms with E-state index in [4.69, 9.17) is 9.47 Å². The number of aromatic hydroxyl groups is 1. The molecule has 2 aromatic rings. The van der Waals surface area contributed by atoms with Crippen LogP contribution >= 0.6 is 0 Å². The molecule has 1 aliphatic rings. The van der Waals surface area contributed by atoms with Crippen LogP contribution in [-0.4, -0.2) is 24.1 Å². The summed E-state index contributed by atoms with van der Waals surface area (Å²) < 4.78 is 11.6. The summed E-state index contributed by atoms with van der Waals surface area (Å²) in [6.07, 6.45) is 6.90. The van der Waals surface area contributed by atoms with Gasteiger partial charge in [0.25, 0.3) is 0 Å². The Kier molecular flexibility index (Phi) is 6.48. The highest BCUT2D eigenvalue weighted by Crippen LogP contribution is 2.23. The largest absolute Gasteiger partial charge is 0.508 e. The molecule has 1 heterocycles. The number of ether oxygens (including phenoxy) is 2. The summed E-state index contributed by atoms with van der Waals surface area (Å²) in [5.74, 6) is 0.301. The van der Waals surface area contributed by atoms with Crippen molar-refractivity contribution < 1.29 is 14.6 Å². The highest BCUT2D eigenvalue weighted by atomic mass is 16.7. The average molecular weight is 340 g/mol. The van der Waals surface area contributed by atoms with Gasteiger partial charge in [-0.15, -0.1) is 0 Å². The van der Waals surface area contributed by atoms with Crippen LogP contribution in [0.4, 0.5) is 0 Å². The molecule has 3 heteroatoms. The SMILES string of the molecule is CC(CCCc1ccc(-c2ccc(O)cc2)cc1)OC1CCCCO1. The normalized spacial score (nSPS) is 18.8. The van der Waals surface area contributed by atoms with Crippen LogP contribution in [0.25, 0.3) is 11.1 Å². The predicted octanol–water partition coefficient (Wildman–Crippen LogP) is 5.31. The van der Waals surface area contributed by atoms with E-state index in [2.05, 4.69) is 31.2 Å². The topological polar surface area (TPSA) is 38.7 Å². The zero-order chi connectivity index (χ0) is 17.5. The summed E-state index contributed by atoms with van der Waals surface area (Å²) in [6.45, 7) is 2.98. The Morgan fingerprint density at radius 1 is 1.04 bits per heavy atom. The molecule has 1 saturated heterocycles. The van der Waals surface area contributed by atoms with Crippen molar-refractivity contribution in [1.29, 1.82) is 0 Å². The molecule has 2 aromatic carbocycles. The highest BCUT2D eigenvalue weighted by Gasteiger charge is 2.16. The maximum Gasteiger partial charge on any atom is 0.157 e. The molecule has 3 rings (SSSR count). The number of rotatable bonds is 7. The molecule has 0 spiro atoms. The molecule has 0 aromatic heterocycles. The molecule has 3 nitrogen and oxygen atoms in total. The third-order valence-electron chi connectivity index (χ3n) is 4.75. The molecule has 1 fully saturated rings. The first-order chi connectivity index (χ1) is 12.2. The molecule has 25 heavy (non-hydrogen) atoms. The second kappa shape index (κ2) is 9.02. The van der Waals surface area contributed by atoms with Gasteiger partial charge < -0.3 is 14.6 Å². The van der Waals surface area contributed by atoms with Crippen LogP contribution in [0.5, 0.6) is 5.75 Å². The average Bonchev–Trinajstić information content (AvgIpc) is 2.64. The van der Waals surface area contributed by atoms with Crippen molar-refractivity contribution in [3.63, 3.8) is 0 Å². The van der Waals surface area contributed by atoms with Gasteiger partial charge in [-0.25, -0.2) is 0 Å². The lowest BCUT2D eigenvalue weighted by Crippen LogP contribution is -2.26. The van der Waals surface area contributed by atoms with Crippen molar-refractivity contribution in [2.75, 3.05) is 6.61 Å². The maximum atomic E-state index is 9.38. The van der Waals surface area contributed by atoms with Crippen LogP contribution in [0.3, 0.4) is 0 Å². The van der Waals surface area contributed by atoms with Gasteiger partial charge in [-0.05, 0) is 74.3 Å². The number of benzene rings is 2. The summed E-state index contributed by atoms with van der Waals surface area (Å²) in [5.41, 5.74) is 3.65. The van der Waals surface area contributed by atoms with E-state index in [1.54, 1.807) is 12.1 Å². The lowest BCUT2D eigenvalue weighted by atomic mass is 10.0. The Morgan fingerprint density at radius 2 is 1.72 bits per heavy atom. The minimum absolute atomic E-state index is 0.00772. The van der Waals surface area contributed by atoms with Gasteiger partial charge in [0.1, 0.15) is 5.75 Å². The van der Waals surface area contributed by atoms with Crippen molar-refractivity contribution >= 4 is 0 Å². The smallest absolute Gasteiger partial charge is 0.157 e. The summed E-state index contributed by atoms with van der Waals surface area (Å²) in [6, 6.07) is 16.0. The second-order valence-corrected chi connectivity index (χ2v) is 6.88. The Hall–Kier alpha value is -1.84. The molecule has 1 N–H and O–H groups in total. The molecule has 2 atom stereocenters. The molecule has 2 unspecified atom stereocenters. The number of phenolic OH excluding ortho intramolecular Hbond substituents is 1. The number of aryl methyl sites for hydroxylation is 1. The summed E-state index contributed by atoms with van der Waals surface area (Å²) in [7, 11) is 0. The van der Waals surface area contributed by atoms with Crippen molar-refractivity contribution in [3.05, 3.63) is 54.1 Å². The highest BCUT2D eigenvalue weighted by molar-refractivity contribution is 5.64. The van der Waals surface area contributed by atoms with Crippen molar-refractivity contribution in [1.82, 2.24) is 0 Å². The Morgan fingerprint density at radius 3 is 2.36 bits per heavy atom. The van der Waals surface area contributed by atoms with E-state index in [1.807, 2.05) is 12.1 Å². The van der Waals surface area contributed by atoms with Gasteiger partial charge in [0.05, 0.1) is 6.10 Å². The molecule has 0 saturated carbocycles. The number of hydrogen-bond acceptors (Lipinski definition) is 3.